The molecule has 7 heteroatoms. The topological polar surface area (TPSA) is 58.6 Å². The van der Waals surface area contributed by atoms with Crippen LogP contribution in [0.4, 0.5) is 5.82 Å². The second-order valence-corrected chi connectivity index (χ2v) is 9.75. The van der Waals surface area contributed by atoms with Gasteiger partial charge in [0.1, 0.15) is 11.6 Å². The molecule has 184 valence electrons. The van der Waals surface area contributed by atoms with E-state index in [1.807, 2.05) is 17.0 Å². The molecule has 0 aliphatic carbocycles. The summed E-state index contributed by atoms with van der Waals surface area (Å²) in [4.78, 5) is 27.1. The van der Waals surface area contributed by atoms with Gasteiger partial charge in [0, 0.05) is 51.2 Å². The van der Waals surface area contributed by atoms with Crippen LogP contribution in [0.3, 0.4) is 0 Å². The fraction of sp³-hybridized carbons (Fsp3) is 0.393. The Kier molecular flexibility index (Phi) is 8.04. The van der Waals surface area contributed by atoms with Gasteiger partial charge in [-0.3, -0.25) is 4.79 Å². The maximum atomic E-state index is 13.1. The Morgan fingerprint density at radius 2 is 1.80 bits per heavy atom. The minimum atomic E-state index is -0.0270. The van der Waals surface area contributed by atoms with Gasteiger partial charge in [0.2, 0.25) is 0 Å². The number of carbonyl (C=O) groups is 1. The average Bonchev–Trinajstić information content (AvgIpc) is 2.85. The highest BCUT2D eigenvalue weighted by Gasteiger charge is 2.27. The summed E-state index contributed by atoms with van der Waals surface area (Å²) in [6.45, 7) is 9.35. The van der Waals surface area contributed by atoms with Crippen molar-refractivity contribution in [1.82, 2.24) is 14.9 Å². The molecule has 1 saturated heterocycles. The van der Waals surface area contributed by atoms with Crippen LogP contribution >= 0.6 is 11.6 Å². The first kappa shape index (κ1) is 25.1. The fourth-order valence-electron chi connectivity index (χ4n) is 4.45. The van der Waals surface area contributed by atoms with E-state index in [4.69, 9.17) is 26.3 Å². The second kappa shape index (κ2) is 11.2. The second-order valence-electron chi connectivity index (χ2n) is 9.34. The molecule has 0 N–H and O–H groups in total. The van der Waals surface area contributed by atoms with Crippen LogP contribution in [0.2, 0.25) is 5.02 Å². The molecule has 1 aliphatic rings. The number of benzene rings is 2. The summed E-state index contributed by atoms with van der Waals surface area (Å²) < 4.78 is 5.54. The Morgan fingerprint density at radius 1 is 1.06 bits per heavy atom. The van der Waals surface area contributed by atoms with E-state index in [1.165, 1.54) is 11.1 Å². The number of aryl methyl sites for hydroxylation is 1. The van der Waals surface area contributed by atoms with Gasteiger partial charge >= 0.3 is 0 Å². The number of amides is 1. The molecule has 3 aromatic rings. The van der Waals surface area contributed by atoms with Crippen LogP contribution in [0.15, 0.2) is 48.5 Å². The van der Waals surface area contributed by atoms with Gasteiger partial charge in [-0.15, -0.1) is 0 Å². The largest absolute Gasteiger partial charge is 0.378 e. The van der Waals surface area contributed by atoms with Crippen molar-refractivity contribution in [3.05, 3.63) is 87.3 Å². The van der Waals surface area contributed by atoms with Crippen LogP contribution in [0.5, 0.6) is 0 Å². The van der Waals surface area contributed by atoms with E-state index in [0.29, 0.717) is 43.4 Å². The molecule has 0 atom stereocenters. The molecule has 2 heterocycles. The zero-order valence-corrected chi connectivity index (χ0v) is 21.7. The molecule has 0 unspecified atom stereocenters. The predicted molar refractivity (Wildman–Crippen MR) is 140 cm³/mol. The lowest BCUT2D eigenvalue weighted by molar-refractivity contribution is 0.0746. The van der Waals surface area contributed by atoms with Crippen molar-refractivity contribution in [2.75, 3.05) is 38.2 Å². The van der Waals surface area contributed by atoms with Gasteiger partial charge < -0.3 is 14.5 Å². The van der Waals surface area contributed by atoms with Gasteiger partial charge in [0.05, 0.1) is 22.9 Å². The molecule has 0 bridgehead atoms. The van der Waals surface area contributed by atoms with Crippen molar-refractivity contribution in [3.8, 4) is 0 Å². The lowest BCUT2D eigenvalue weighted by Crippen LogP contribution is -2.49. The standard InChI is InChI=1S/C28H33ClN4O2/c1-19(2)26-30-25(18-35-4)23(17-21-9-7-8-20(3)16-21)27(31-26)32-12-14-33(15-13-32)28(34)22-10-5-6-11-24(22)29/h5-11,16,19H,12-15,17-18H2,1-4H3. The maximum Gasteiger partial charge on any atom is 0.255 e. The van der Waals surface area contributed by atoms with Gasteiger partial charge in [-0.2, -0.15) is 0 Å². The molecular formula is C28H33ClN4O2. The summed E-state index contributed by atoms with van der Waals surface area (Å²) >= 11 is 6.28. The zero-order chi connectivity index (χ0) is 24.9. The number of halogens is 1. The van der Waals surface area contributed by atoms with Crippen LogP contribution in [0, 0.1) is 6.92 Å². The minimum Gasteiger partial charge on any atom is -0.378 e. The number of ether oxygens (including phenoxy) is 1. The highest BCUT2D eigenvalue weighted by Crippen LogP contribution is 2.29. The maximum absolute atomic E-state index is 13.1. The van der Waals surface area contributed by atoms with Gasteiger partial charge in [0.25, 0.3) is 5.91 Å². The van der Waals surface area contributed by atoms with Gasteiger partial charge in [-0.05, 0) is 24.6 Å². The number of methoxy groups -OCH3 is 1. The fourth-order valence-corrected chi connectivity index (χ4v) is 4.66. The van der Waals surface area contributed by atoms with Crippen LogP contribution in [0.1, 0.15) is 58.3 Å². The average molecular weight is 493 g/mol. The molecule has 1 fully saturated rings. The molecule has 6 nitrogen and oxygen atoms in total. The quantitative estimate of drug-likeness (QED) is 0.450. The van der Waals surface area contributed by atoms with Gasteiger partial charge in [-0.1, -0.05) is 67.4 Å². The number of nitrogens with zero attached hydrogens (tertiary/aromatic N) is 4. The van der Waals surface area contributed by atoms with E-state index >= 15 is 0 Å². The van der Waals surface area contributed by atoms with Gasteiger partial charge in [0.15, 0.2) is 0 Å². The summed E-state index contributed by atoms with van der Waals surface area (Å²) in [5, 5.41) is 0.488. The zero-order valence-electron chi connectivity index (χ0n) is 20.9. The number of carbonyl (C=O) groups excluding carboxylic acids is 1. The Bertz CT molecular complexity index is 1190. The minimum absolute atomic E-state index is 0.0270. The van der Waals surface area contributed by atoms with Crippen molar-refractivity contribution in [2.24, 2.45) is 0 Å². The molecule has 1 aliphatic heterocycles. The van der Waals surface area contributed by atoms with Crippen molar-refractivity contribution in [1.29, 1.82) is 0 Å². The van der Waals surface area contributed by atoms with E-state index < -0.39 is 0 Å². The molecule has 4 rings (SSSR count). The first-order valence-corrected chi connectivity index (χ1v) is 12.5. The number of aromatic nitrogens is 2. The predicted octanol–water partition coefficient (Wildman–Crippen LogP) is 5.26. The number of hydrogen-bond acceptors (Lipinski definition) is 5. The van der Waals surface area contributed by atoms with Gasteiger partial charge in [-0.25, -0.2) is 9.97 Å². The lowest BCUT2D eigenvalue weighted by atomic mass is 10.0. The molecule has 0 radical (unpaired) electrons. The van der Waals surface area contributed by atoms with Crippen molar-refractivity contribution in [2.45, 2.75) is 39.7 Å². The number of rotatable bonds is 7. The summed E-state index contributed by atoms with van der Waals surface area (Å²) in [5.41, 5.74) is 5.01. The highest BCUT2D eigenvalue weighted by molar-refractivity contribution is 6.33. The number of piperazine rings is 1. The Balaban J connectivity index is 1.64. The molecule has 1 amide bonds. The molecule has 2 aromatic carbocycles. The van der Waals surface area contributed by atoms with E-state index in [1.54, 1.807) is 19.2 Å². The first-order chi connectivity index (χ1) is 16.9. The van der Waals surface area contributed by atoms with E-state index in [-0.39, 0.29) is 11.8 Å². The molecule has 0 spiro atoms. The normalized spacial score (nSPS) is 14.0. The molecule has 0 saturated carbocycles. The first-order valence-electron chi connectivity index (χ1n) is 12.1. The molecule has 1 aromatic heterocycles. The summed E-state index contributed by atoms with van der Waals surface area (Å²) in [6, 6.07) is 15.8. The van der Waals surface area contributed by atoms with Crippen molar-refractivity contribution >= 4 is 23.3 Å². The van der Waals surface area contributed by atoms with Crippen LogP contribution in [-0.4, -0.2) is 54.1 Å². The monoisotopic (exact) mass is 492 g/mol. The number of anilines is 1. The Hall–Kier alpha value is -2.96. The smallest absolute Gasteiger partial charge is 0.255 e. The third kappa shape index (κ3) is 5.82. The number of hydrogen-bond donors (Lipinski definition) is 0. The van der Waals surface area contributed by atoms with E-state index in [9.17, 15) is 4.79 Å². The lowest BCUT2D eigenvalue weighted by Gasteiger charge is -2.37. The highest BCUT2D eigenvalue weighted by atomic mass is 35.5. The van der Waals surface area contributed by atoms with Crippen molar-refractivity contribution in [3.63, 3.8) is 0 Å². The molecular weight excluding hydrogens is 460 g/mol. The SMILES string of the molecule is COCc1nc(C(C)C)nc(N2CCN(C(=O)c3ccccc3Cl)CC2)c1Cc1cccc(C)c1. The van der Waals surface area contributed by atoms with Crippen LogP contribution < -0.4 is 4.90 Å². The van der Waals surface area contributed by atoms with Crippen LogP contribution in [-0.2, 0) is 17.8 Å². The summed E-state index contributed by atoms with van der Waals surface area (Å²) in [7, 11) is 1.70. The third-order valence-electron chi connectivity index (χ3n) is 6.32. The molecule has 35 heavy (non-hydrogen) atoms. The van der Waals surface area contributed by atoms with E-state index in [2.05, 4.69) is 49.9 Å². The van der Waals surface area contributed by atoms with E-state index in [0.717, 1.165) is 29.3 Å². The van der Waals surface area contributed by atoms with Crippen LogP contribution in [0.25, 0.3) is 0 Å². The van der Waals surface area contributed by atoms with Crippen molar-refractivity contribution < 1.29 is 9.53 Å². The summed E-state index contributed by atoms with van der Waals surface area (Å²) in [6.07, 6.45) is 0.729. The Labute approximate surface area is 212 Å². The third-order valence-corrected chi connectivity index (χ3v) is 6.65. The Morgan fingerprint density at radius 3 is 2.46 bits per heavy atom. The summed E-state index contributed by atoms with van der Waals surface area (Å²) in [5.74, 6) is 1.93.